The van der Waals surface area contributed by atoms with Gasteiger partial charge in [0.05, 0.1) is 8.07 Å². The van der Waals surface area contributed by atoms with Crippen LogP contribution in [0.1, 0.15) is 16.7 Å². The van der Waals surface area contributed by atoms with Gasteiger partial charge in [0.25, 0.3) is 0 Å². The van der Waals surface area contributed by atoms with Crippen LogP contribution in [0.15, 0.2) is 54.6 Å². The van der Waals surface area contributed by atoms with Crippen molar-refractivity contribution in [1.29, 1.82) is 0 Å². The van der Waals surface area contributed by atoms with E-state index in [1.807, 2.05) is 12.1 Å². The third-order valence-electron chi connectivity index (χ3n) is 3.20. The van der Waals surface area contributed by atoms with Crippen molar-refractivity contribution in [3.8, 4) is 0 Å². The van der Waals surface area contributed by atoms with Crippen molar-refractivity contribution >= 4 is 19.7 Å². The summed E-state index contributed by atoms with van der Waals surface area (Å²) in [6, 6.07) is 19.1. The Hall–Kier alpha value is -1.05. The van der Waals surface area contributed by atoms with Gasteiger partial charge in [0, 0.05) is 10.6 Å². The van der Waals surface area contributed by atoms with Gasteiger partial charge < -0.3 is 0 Å². The van der Waals surface area contributed by atoms with Gasteiger partial charge in [0.15, 0.2) is 0 Å². The molecule has 2 aromatic carbocycles. The monoisotopic (exact) mass is 274 g/mol. The summed E-state index contributed by atoms with van der Waals surface area (Å²) < 4.78 is 0. The molecule has 0 fully saturated rings. The first-order valence-electron chi connectivity index (χ1n) is 6.29. The van der Waals surface area contributed by atoms with Gasteiger partial charge in [-0.2, -0.15) is 0 Å². The molecule has 2 rings (SSSR count). The molecule has 0 N–H and O–H groups in total. The third kappa shape index (κ3) is 3.04. The molecule has 0 nitrogen and oxygen atoms in total. The maximum atomic E-state index is 5.99. The zero-order valence-electron chi connectivity index (χ0n) is 11.2. The molecule has 0 heterocycles. The predicted octanol–water partition coefficient (Wildman–Crippen LogP) is 5.35. The number of hydrogen-bond acceptors (Lipinski definition) is 0. The van der Waals surface area contributed by atoms with E-state index in [9.17, 15) is 0 Å². The quantitative estimate of drug-likeness (QED) is 0.662. The van der Waals surface area contributed by atoms with Crippen LogP contribution in [0, 0.1) is 0 Å². The van der Waals surface area contributed by atoms with Crippen molar-refractivity contribution in [1.82, 2.24) is 0 Å². The Morgan fingerprint density at radius 1 is 0.778 bits per heavy atom. The van der Waals surface area contributed by atoms with E-state index in [0.29, 0.717) is 5.54 Å². The Kier molecular flexibility index (Phi) is 3.93. The van der Waals surface area contributed by atoms with E-state index in [1.54, 1.807) is 0 Å². The molecule has 0 saturated carbocycles. The molecule has 94 valence electrons. The molecule has 0 bridgehead atoms. The van der Waals surface area contributed by atoms with Crippen molar-refractivity contribution in [2.75, 3.05) is 0 Å². The topological polar surface area (TPSA) is 0 Å². The predicted molar refractivity (Wildman–Crippen MR) is 83.1 cm³/mol. The molecule has 0 aliphatic heterocycles. The lowest BCUT2D eigenvalue weighted by molar-refractivity contribution is 1.07. The minimum atomic E-state index is -1.33. The summed E-state index contributed by atoms with van der Waals surface area (Å²) in [6.07, 6.45) is 0. The Bertz CT molecular complexity index is 497. The number of hydrogen-bond donors (Lipinski definition) is 0. The Morgan fingerprint density at radius 3 is 1.78 bits per heavy atom. The zero-order valence-corrected chi connectivity index (χ0v) is 12.9. The van der Waals surface area contributed by atoms with Crippen molar-refractivity contribution < 1.29 is 0 Å². The van der Waals surface area contributed by atoms with Gasteiger partial charge in [0.1, 0.15) is 0 Å². The van der Waals surface area contributed by atoms with E-state index in [1.165, 1.54) is 11.1 Å². The van der Waals surface area contributed by atoms with Crippen LogP contribution in [0.2, 0.25) is 24.7 Å². The van der Waals surface area contributed by atoms with Crippen LogP contribution in [-0.2, 0) is 0 Å². The molecule has 18 heavy (non-hydrogen) atoms. The second-order valence-electron chi connectivity index (χ2n) is 5.76. The van der Waals surface area contributed by atoms with Gasteiger partial charge in [-0.3, -0.25) is 0 Å². The molecule has 1 atom stereocenters. The van der Waals surface area contributed by atoms with E-state index in [4.69, 9.17) is 11.6 Å². The Balaban J connectivity index is 2.47. The third-order valence-corrected chi connectivity index (χ3v) is 5.85. The molecule has 1 unspecified atom stereocenters. The molecule has 0 saturated heterocycles. The second kappa shape index (κ2) is 5.29. The van der Waals surface area contributed by atoms with E-state index in [0.717, 1.165) is 5.02 Å². The lowest BCUT2D eigenvalue weighted by Crippen LogP contribution is -2.31. The summed E-state index contributed by atoms with van der Waals surface area (Å²) in [5.74, 6) is 0. The fourth-order valence-electron chi connectivity index (χ4n) is 2.49. The minimum absolute atomic E-state index is 0.524. The van der Waals surface area contributed by atoms with Crippen molar-refractivity contribution in [2.24, 2.45) is 0 Å². The van der Waals surface area contributed by atoms with Crippen molar-refractivity contribution in [3.63, 3.8) is 0 Å². The Morgan fingerprint density at radius 2 is 1.28 bits per heavy atom. The standard InChI is InChI=1S/C16H19ClSi/c1-18(2,3)16(13-7-5-4-6-8-13)14-9-11-15(17)12-10-14/h4-12,16H,1-3H3. The number of halogens is 1. The molecule has 0 aliphatic carbocycles. The largest absolute Gasteiger partial charge is 0.0843 e. The Labute approximate surface area is 116 Å². The van der Waals surface area contributed by atoms with Gasteiger partial charge in [-0.05, 0) is 23.3 Å². The fourth-order valence-corrected chi connectivity index (χ4v) is 5.00. The van der Waals surface area contributed by atoms with Crippen LogP contribution in [0.25, 0.3) is 0 Å². The fraction of sp³-hybridized carbons (Fsp3) is 0.250. The lowest BCUT2D eigenvalue weighted by atomic mass is 10.0. The summed E-state index contributed by atoms with van der Waals surface area (Å²) in [5.41, 5.74) is 3.32. The van der Waals surface area contributed by atoms with Gasteiger partial charge in [-0.1, -0.05) is 73.7 Å². The molecule has 0 radical (unpaired) electrons. The van der Waals surface area contributed by atoms with Gasteiger partial charge in [-0.15, -0.1) is 0 Å². The van der Waals surface area contributed by atoms with Crippen LogP contribution >= 0.6 is 11.6 Å². The maximum Gasteiger partial charge on any atom is 0.0573 e. The molecule has 0 amide bonds. The van der Waals surface area contributed by atoms with E-state index in [-0.39, 0.29) is 0 Å². The van der Waals surface area contributed by atoms with Crippen molar-refractivity contribution in [2.45, 2.75) is 25.2 Å². The second-order valence-corrected chi connectivity index (χ2v) is 11.5. The highest BCUT2D eigenvalue weighted by Gasteiger charge is 2.29. The number of benzene rings is 2. The first kappa shape index (κ1) is 13.4. The van der Waals surface area contributed by atoms with Crippen molar-refractivity contribution in [3.05, 3.63) is 70.7 Å². The average Bonchev–Trinajstić information content (AvgIpc) is 2.32. The van der Waals surface area contributed by atoms with E-state index in [2.05, 4.69) is 62.1 Å². The molecular weight excluding hydrogens is 256 g/mol. The highest BCUT2D eigenvalue weighted by Crippen LogP contribution is 2.34. The van der Waals surface area contributed by atoms with Crippen LogP contribution < -0.4 is 0 Å². The molecule has 0 aromatic heterocycles. The maximum absolute atomic E-state index is 5.99. The molecule has 0 spiro atoms. The molecule has 2 heteroatoms. The summed E-state index contributed by atoms with van der Waals surface area (Å²) in [5, 5.41) is 0.807. The highest BCUT2D eigenvalue weighted by molar-refractivity contribution is 6.78. The van der Waals surface area contributed by atoms with Crippen LogP contribution in [0.4, 0.5) is 0 Å². The molecule has 2 aromatic rings. The van der Waals surface area contributed by atoms with Crippen LogP contribution in [-0.4, -0.2) is 8.07 Å². The molecule has 0 aliphatic rings. The highest BCUT2D eigenvalue weighted by atomic mass is 35.5. The minimum Gasteiger partial charge on any atom is -0.0843 e. The summed E-state index contributed by atoms with van der Waals surface area (Å²) in [4.78, 5) is 0. The van der Waals surface area contributed by atoms with Gasteiger partial charge in [-0.25, -0.2) is 0 Å². The van der Waals surface area contributed by atoms with Gasteiger partial charge >= 0.3 is 0 Å². The summed E-state index contributed by atoms with van der Waals surface area (Å²) in [6.45, 7) is 7.25. The SMILES string of the molecule is C[Si](C)(C)C(c1ccccc1)c1ccc(Cl)cc1. The zero-order chi connectivity index (χ0) is 13.2. The molecular formula is C16H19ClSi. The normalized spacial score (nSPS) is 13.3. The number of rotatable bonds is 3. The summed E-state index contributed by atoms with van der Waals surface area (Å²) in [7, 11) is -1.33. The lowest BCUT2D eigenvalue weighted by Gasteiger charge is -2.30. The van der Waals surface area contributed by atoms with Gasteiger partial charge in [0.2, 0.25) is 0 Å². The first-order chi connectivity index (χ1) is 8.48. The smallest absolute Gasteiger partial charge is 0.0573 e. The van der Waals surface area contributed by atoms with Crippen LogP contribution in [0.5, 0.6) is 0 Å². The first-order valence-corrected chi connectivity index (χ1v) is 10.2. The average molecular weight is 275 g/mol. The van der Waals surface area contributed by atoms with E-state index < -0.39 is 8.07 Å². The van der Waals surface area contributed by atoms with E-state index >= 15 is 0 Å². The van der Waals surface area contributed by atoms with Crippen LogP contribution in [0.3, 0.4) is 0 Å². The summed E-state index contributed by atoms with van der Waals surface area (Å²) >= 11 is 5.99.